The van der Waals surface area contributed by atoms with Crippen LogP contribution in [0.15, 0.2) is 36.5 Å². The summed E-state index contributed by atoms with van der Waals surface area (Å²) in [5.41, 5.74) is -1.36. The van der Waals surface area contributed by atoms with Crippen LogP contribution in [-0.2, 0) is 57.2 Å². The largest absolute Gasteiger partial charge is 0.465 e. The lowest BCUT2D eigenvalue weighted by Gasteiger charge is -2.30. The second-order valence-electron chi connectivity index (χ2n) is 17.3. The number of hydrogen-bond acceptors (Lipinski definition) is 13. The Hall–Kier alpha value is -4.00. The van der Waals surface area contributed by atoms with Gasteiger partial charge >= 0.3 is 35.8 Å². The first-order valence-corrected chi connectivity index (χ1v) is 25.6. The number of carbonyl (C=O) groups excluding carboxylic acids is 6. The van der Waals surface area contributed by atoms with Crippen molar-refractivity contribution in [2.24, 2.45) is 5.41 Å². The molecule has 0 unspecified atom stereocenters. The first-order chi connectivity index (χ1) is 32.1. The van der Waals surface area contributed by atoms with Crippen molar-refractivity contribution in [3.05, 3.63) is 36.5 Å². The molecular formula is C53H90O13. The second kappa shape index (κ2) is 46.1. The predicted molar refractivity (Wildman–Crippen MR) is 258 cm³/mol. The quantitative estimate of drug-likeness (QED) is 0.0264. The Balaban J connectivity index is 4.79. The van der Waals surface area contributed by atoms with E-state index in [9.17, 15) is 33.9 Å². The van der Waals surface area contributed by atoms with Crippen molar-refractivity contribution in [2.75, 3.05) is 46.2 Å². The summed E-state index contributed by atoms with van der Waals surface area (Å²) in [6.45, 7) is 6.04. The highest BCUT2D eigenvalue weighted by molar-refractivity contribution is 5.71. The SMILES string of the molecule is CCCC/C=C\CCOC(=O)CCCCCCC(=O)OCC(CO)(COC(=O)CCCCCCC(=O)OCC/C=C\CCCC)COC(=O)CCCCCCC(=O)OCC/C=C\CCCC. The smallest absolute Gasteiger partial charge is 0.305 e. The van der Waals surface area contributed by atoms with Crippen LogP contribution < -0.4 is 0 Å². The van der Waals surface area contributed by atoms with E-state index in [-0.39, 0.29) is 57.0 Å². The maximum absolute atomic E-state index is 12.7. The number of ether oxygens (including phenoxy) is 6. The summed E-state index contributed by atoms with van der Waals surface area (Å²) >= 11 is 0. The van der Waals surface area contributed by atoms with Crippen LogP contribution >= 0.6 is 0 Å². The third-order valence-corrected chi connectivity index (χ3v) is 10.8. The third kappa shape index (κ3) is 41.4. The van der Waals surface area contributed by atoms with Gasteiger partial charge in [-0.3, -0.25) is 28.8 Å². The first-order valence-electron chi connectivity index (χ1n) is 25.6. The summed E-state index contributed by atoms with van der Waals surface area (Å²) in [5, 5.41) is 10.5. The van der Waals surface area contributed by atoms with Gasteiger partial charge in [-0.25, -0.2) is 0 Å². The molecule has 0 aromatic rings. The topological polar surface area (TPSA) is 178 Å². The number of rotatable bonds is 46. The summed E-state index contributed by atoms with van der Waals surface area (Å²) < 4.78 is 32.5. The van der Waals surface area contributed by atoms with E-state index >= 15 is 0 Å². The van der Waals surface area contributed by atoms with E-state index in [0.29, 0.717) is 116 Å². The molecule has 0 fully saturated rings. The third-order valence-electron chi connectivity index (χ3n) is 10.8. The molecule has 0 aliphatic carbocycles. The molecule has 0 saturated heterocycles. The zero-order valence-electron chi connectivity index (χ0n) is 41.5. The van der Waals surface area contributed by atoms with Gasteiger partial charge in [0.05, 0.1) is 31.8 Å². The fraction of sp³-hybridized carbons (Fsp3) is 0.774. The number of aliphatic hydroxyl groups excluding tert-OH is 1. The number of carbonyl (C=O) groups is 6. The molecule has 0 bridgehead atoms. The van der Waals surface area contributed by atoms with Gasteiger partial charge in [-0.15, -0.1) is 0 Å². The molecule has 0 rings (SSSR count). The van der Waals surface area contributed by atoms with Crippen molar-refractivity contribution in [1.29, 1.82) is 0 Å². The molecule has 0 aromatic heterocycles. The van der Waals surface area contributed by atoms with Crippen molar-refractivity contribution < 1.29 is 62.3 Å². The Bertz CT molecular complexity index is 1180. The van der Waals surface area contributed by atoms with E-state index in [2.05, 4.69) is 39.0 Å². The van der Waals surface area contributed by atoms with Crippen molar-refractivity contribution in [2.45, 2.75) is 213 Å². The monoisotopic (exact) mass is 935 g/mol. The average Bonchev–Trinajstić information content (AvgIpc) is 3.31. The van der Waals surface area contributed by atoms with Crippen LogP contribution in [0.3, 0.4) is 0 Å². The number of unbranched alkanes of at least 4 members (excludes halogenated alkanes) is 15. The Morgan fingerprint density at radius 2 is 0.561 bits per heavy atom. The van der Waals surface area contributed by atoms with Gasteiger partial charge in [-0.2, -0.15) is 0 Å². The Labute approximate surface area is 398 Å². The molecule has 0 aliphatic heterocycles. The molecule has 1 N–H and O–H groups in total. The van der Waals surface area contributed by atoms with E-state index < -0.39 is 29.9 Å². The average molecular weight is 935 g/mol. The van der Waals surface area contributed by atoms with E-state index in [0.717, 1.165) is 77.0 Å². The van der Waals surface area contributed by atoms with Gasteiger partial charge < -0.3 is 33.5 Å². The highest BCUT2D eigenvalue weighted by atomic mass is 16.6. The Morgan fingerprint density at radius 3 is 0.788 bits per heavy atom. The van der Waals surface area contributed by atoms with Gasteiger partial charge in [0, 0.05) is 38.5 Å². The predicted octanol–water partition coefficient (Wildman–Crippen LogP) is 11.7. The lowest BCUT2D eigenvalue weighted by molar-refractivity contribution is -0.165. The molecule has 66 heavy (non-hydrogen) atoms. The molecule has 0 atom stereocenters. The summed E-state index contributed by atoms with van der Waals surface area (Å²) in [6.07, 6.45) is 33.9. The molecule has 380 valence electrons. The molecule has 0 heterocycles. The van der Waals surface area contributed by atoms with Crippen LogP contribution in [-0.4, -0.2) is 87.2 Å². The van der Waals surface area contributed by atoms with E-state index in [4.69, 9.17) is 28.4 Å². The van der Waals surface area contributed by atoms with Crippen molar-refractivity contribution in [3.63, 3.8) is 0 Å². The van der Waals surface area contributed by atoms with Gasteiger partial charge in [-0.05, 0) is 77.0 Å². The molecule has 0 radical (unpaired) electrons. The summed E-state index contributed by atoms with van der Waals surface area (Å²) in [4.78, 5) is 74.3. The maximum atomic E-state index is 12.7. The Morgan fingerprint density at radius 1 is 0.333 bits per heavy atom. The number of esters is 6. The summed E-state index contributed by atoms with van der Waals surface area (Å²) in [5.74, 6) is -2.17. The fourth-order valence-corrected chi connectivity index (χ4v) is 6.47. The van der Waals surface area contributed by atoms with Crippen molar-refractivity contribution in [1.82, 2.24) is 0 Å². The zero-order valence-corrected chi connectivity index (χ0v) is 41.5. The van der Waals surface area contributed by atoms with Crippen LogP contribution in [0, 0.1) is 5.41 Å². The minimum Gasteiger partial charge on any atom is -0.465 e. The van der Waals surface area contributed by atoms with Gasteiger partial charge in [0.2, 0.25) is 0 Å². The molecule has 0 spiro atoms. The minimum atomic E-state index is -1.36. The van der Waals surface area contributed by atoms with E-state index in [1.807, 2.05) is 18.2 Å². The molecule has 13 nitrogen and oxygen atoms in total. The van der Waals surface area contributed by atoms with Crippen LogP contribution in [0.5, 0.6) is 0 Å². The molecule has 0 aromatic carbocycles. The first kappa shape index (κ1) is 62.0. The summed E-state index contributed by atoms with van der Waals surface area (Å²) in [6, 6.07) is 0. The van der Waals surface area contributed by atoms with Gasteiger partial charge in [0.25, 0.3) is 0 Å². The maximum Gasteiger partial charge on any atom is 0.305 e. The lowest BCUT2D eigenvalue weighted by Crippen LogP contribution is -2.42. The number of aliphatic hydroxyl groups is 1. The van der Waals surface area contributed by atoms with Crippen molar-refractivity contribution >= 4 is 35.8 Å². The lowest BCUT2D eigenvalue weighted by atomic mass is 9.92. The normalized spacial score (nSPS) is 11.6. The molecular weight excluding hydrogens is 845 g/mol. The number of hydrogen-bond donors (Lipinski definition) is 1. The van der Waals surface area contributed by atoms with Gasteiger partial charge in [0.15, 0.2) is 0 Å². The van der Waals surface area contributed by atoms with Crippen LogP contribution in [0.4, 0.5) is 0 Å². The Kier molecular flexibility index (Phi) is 43.3. The van der Waals surface area contributed by atoms with Crippen LogP contribution in [0.2, 0.25) is 0 Å². The second-order valence-corrected chi connectivity index (χ2v) is 17.3. The molecule has 0 aliphatic rings. The van der Waals surface area contributed by atoms with E-state index in [1.165, 1.54) is 0 Å². The molecule has 13 heteroatoms. The van der Waals surface area contributed by atoms with Crippen molar-refractivity contribution in [3.8, 4) is 0 Å². The highest BCUT2D eigenvalue weighted by Gasteiger charge is 2.35. The van der Waals surface area contributed by atoms with Crippen LogP contribution in [0.1, 0.15) is 213 Å². The standard InChI is InChI=1S/C53H90O13/c1-4-7-10-13-22-31-40-61-47(55)34-25-16-19-28-37-50(58)64-44-53(43-54,45-65-51(59)38-29-20-17-26-35-48(56)62-41-32-23-14-11-8-5-2)46-66-52(60)39-30-21-18-27-36-49(57)63-42-33-24-15-12-9-6-3/h13-15,22-24,54H,4-12,16-21,25-46H2,1-3H3/b22-13-,23-14-,24-15-. The van der Waals surface area contributed by atoms with E-state index in [1.54, 1.807) is 0 Å². The van der Waals surface area contributed by atoms with Crippen LogP contribution in [0.25, 0.3) is 0 Å². The zero-order chi connectivity index (χ0) is 48.6. The van der Waals surface area contributed by atoms with Gasteiger partial charge in [-0.1, -0.05) is 134 Å². The van der Waals surface area contributed by atoms with Gasteiger partial charge in [0.1, 0.15) is 19.8 Å². The number of allylic oxidation sites excluding steroid dienone is 3. The fourth-order valence-electron chi connectivity index (χ4n) is 6.47. The molecule has 0 saturated carbocycles. The highest BCUT2D eigenvalue weighted by Crippen LogP contribution is 2.22. The molecule has 0 amide bonds. The summed E-state index contributed by atoms with van der Waals surface area (Å²) in [7, 11) is 0. The minimum absolute atomic E-state index is 0.123.